The Bertz CT molecular complexity index is 889. The summed E-state index contributed by atoms with van der Waals surface area (Å²) in [6.45, 7) is 1.90. The zero-order valence-corrected chi connectivity index (χ0v) is 12.4. The average molecular weight is 314 g/mol. The van der Waals surface area contributed by atoms with E-state index in [0.717, 1.165) is 5.56 Å². The molecule has 110 valence electrons. The van der Waals surface area contributed by atoms with Crippen LogP contribution in [0.15, 0.2) is 42.5 Å². The number of benzene rings is 2. The SMILES string of the molecule is Cc1ccc2c(C(=O)O)c(O)c(-c3ccc(Cl)cc3)nc2c1. The number of carbonyl (C=O) groups is 1. The highest BCUT2D eigenvalue weighted by molar-refractivity contribution is 6.30. The molecule has 1 heterocycles. The molecule has 0 aliphatic heterocycles. The number of hydrogen-bond donors (Lipinski definition) is 2. The molecule has 0 amide bonds. The number of rotatable bonds is 2. The van der Waals surface area contributed by atoms with E-state index in [2.05, 4.69) is 4.98 Å². The number of carboxylic acids is 1. The second kappa shape index (κ2) is 5.31. The van der Waals surface area contributed by atoms with Crippen LogP contribution in [0.5, 0.6) is 5.75 Å². The first kappa shape index (κ1) is 14.4. The normalized spacial score (nSPS) is 10.8. The van der Waals surface area contributed by atoms with Crippen LogP contribution < -0.4 is 0 Å². The minimum Gasteiger partial charge on any atom is -0.505 e. The van der Waals surface area contributed by atoms with Gasteiger partial charge in [0.1, 0.15) is 11.3 Å². The maximum atomic E-state index is 11.5. The highest BCUT2D eigenvalue weighted by atomic mass is 35.5. The van der Waals surface area contributed by atoms with E-state index in [1.807, 2.05) is 6.92 Å². The van der Waals surface area contributed by atoms with Gasteiger partial charge in [0.25, 0.3) is 0 Å². The van der Waals surface area contributed by atoms with E-state index in [-0.39, 0.29) is 17.0 Å². The second-order valence-corrected chi connectivity index (χ2v) is 5.45. The van der Waals surface area contributed by atoms with Crippen LogP contribution in [0.25, 0.3) is 22.2 Å². The van der Waals surface area contributed by atoms with E-state index >= 15 is 0 Å². The summed E-state index contributed by atoms with van der Waals surface area (Å²) in [7, 11) is 0. The van der Waals surface area contributed by atoms with Gasteiger partial charge in [-0.05, 0) is 30.7 Å². The molecule has 5 heteroatoms. The number of pyridine rings is 1. The molecule has 1 aromatic heterocycles. The van der Waals surface area contributed by atoms with Crippen molar-refractivity contribution in [2.24, 2.45) is 0 Å². The number of halogens is 1. The van der Waals surface area contributed by atoms with Crippen molar-refractivity contribution in [1.82, 2.24) is 4.98 Å². The Hall–Kier alpha value is -2.59. The zero-order chi connectivity index (χ0) is 15.9. The van der Waals surface area contributed by atoms with Gasteiger partial charge in [-0.3, -0.25) is 0 Å². The van der Waals surface area contributed by atoms with Gasteiger partial charge >= 0.3 is 5.97 Å². The number of nitrogens with zero attached hydrogens (tertiary/aromatic N) is 1. The molecule has 0 saturated heterocycles. The van der Waals surface area contributed by atoms with E-state index in [1.165, 1.54) is 0 Å². The molecule has 0 saturated carbocycles. The molecule has 0 bridgehead atoms. The first-order valence-electron chi connectivity index (χ1n) is 6.60. The molecule has 0 unspecified atom stereocenters. The Morgan fingerprint density at radius 3 is 2.45 bits per heavy atom. The Labute approximate surface area is 131 Å². The van der Waals surface area contributed by atoms with Crippen LogP contribution in [0.4, 0.5) is 0 Å². The summed E-state index contributed by atoms with van der Waals surface area (Å²) >= 11 is 5.86. The van der Waals surface area contributed by atoms with E-state index < -0.39 is 5.97 Å². The number of aromatic carboxylic acids is 1. The van der Waals surface area contributed by atoms with E-state index in [9.17, 15) is 15.0 Å². The highest BCUT2D eigenvalue weighted by Gasteiger charge is 2.20. The van der Waals surface area contributed by atoms with Crippen molar-refractivity contribution in [3.05, 3.63) is 58.6 Å². The minimum atomic E-state index is -1.19. The van der Waals surface area contributed by atoms with Crippen molar-refractivity contribution in [1.29, 1.82) is 0 Å². The lowest BCUT2D eigenvalue weighted by Crippen LogP contribution is -2.02. The van der Waals surface area contributed by atoms with Gasteiger partial charge in [0, 0.05) is 16.0 Å². The third kappa shape index (κ3) is 2.38. The molecule has 0 aliphatic rings. The molecule has 2 N–H and O–H groups in total. The van der Waals surface area contributed by atoms with Crippen molar-refractivity contribution in [2.45, 2.75) is 6.92 Å². The van der Waals surface area contributed by atoms with Crippen LogP contribution in [0.3, 0.4) is 0 Å². The fraction of sp³-hybridized carbons (Fsp3) is 0.0588. The Balaban J connectivity index is 2.37. The van der Waals surface area contributed by atoms with Crippen LogP contribution in [-0.2, 0) is 0 Å². The predicted molar refractivity (Wildman–Crippen MR) is 85.6 cm³/mol. The summed E-state index contributed by atoms with van der Waals surface area (Å²) in [5.74, 6) is -1.53. The van der Waals surface area contributed by atoms with Crippen molar-refractivity contribution in [2.75, 3.05) is 0 Å². The van der Waals surface area contributed by atoms with E-state index in [4.69, 9.17) is 11.6 Å². The molecule has 4 nitrogen and oxygen atoms in total. The summed E-state index contributed by atoms with van der Waals surface area (Å²) in [5.41, 5.74) is 2.18. The molecule has 22 heavy (non-hydrogen) atoms. The number of carboxylic acid groups (broad SMARTS) is 1. The molecule has 0 spiro atoms. The van der Waals surface area contributed by atoms with Crippen LogP contribution in [0, 0.1) is 6.92 Å². The number of aromatic nitrogens is 1. The van der Waals surface area contributed by atoms with Crippen LogP contribution >= 0.6 is 11.6 Å². The molecule has 0 atom stereocenters. The lowest BCUT2D eigenvalue weighted by molar-refractivity contribution is 0.0696. The van der Waals surface area contributed by atoms with Gasteiger partial charge in [-0.15, -0.1) is 0 Å². The highest BCUT2D eigenvalue weighted by Crippen LogP contribution is 2.35. The first-order valence-corrected chi connectivity index (χ1v) is 6.97. The lowest BCUT2D eigenvalue weighted by Gasteiger charge is -2.11. The quantitative estimate of drug-likeness (QED) is 0.741. The third-order valence-electron chi connectivity index (χ3n) is 3.45. The van der Waals surface area contributed by atoms with Gasteiger partial charge in [-0.1, -0.05) is 35.9 Å². The van der Waals surface area contributed by atoms with Gasteiger partial charge in [0.2, 0.25) is 0 Å². The molecule has 2 aromatic carbocycles. The number of fused-ring (bicyclic) bond motifs is 1. The summed E-state index contributed by atoms with van der Waals surface area (Å²) in [4.78, 5) is 16.0. The molecule has 3 aromatic rings. The smallest absolute Gasteiger partial charge is 0.340 e. The number of aryl methyl sites for hydroxylation is 1. The summed E-state index contributed by atoms with van der Waals surface area (Å²) in [5, 5.41) is 20.8. The first-order chi connectivity index (χ1) is 10.5. The molecule has 0 aliphatic carbocycles. The maximum absolute atomic E-state index is 11.5. The molecule has 0 radical (unpaired) electrons. The van der Waals surface area contributed by atoms with E-state index in [1.54, 1.807) is 42.5 Å². The molecule has 3 rings (SSSR count). The van der Waals surface area contributed by atoms with Gasteiger partial charge in [0.15, 0.2) is 5.75 Å². The molecular weight excluding hydrogens is 302 g/mol. The Morgan fingerprint density at radius 1 is 1.14 bits per heavy atom. The second-order valence-electron chi connectivity index (χ2n) is 5.02. The standard InChI is InChI=1S/C17H12ClNO3/c1-9-2-7-12-13(8-9)19-15(16(20)14(12)17(21)22)10-3-5-11(18)6-4-10/h2-8,20H,1H3,(H,21,22). The number of hydrogen-bond acceptors (Lipinski definition) is 3. The zero-order valence-electron chi connectivity index (χ0n) is 11.7. The topological polar surface area (TPSA) is 70.4 Å². The maximum Gasteiger partial charge on any atom is 0.340 e. The summed E-state index contributed by atoms with van der Waals surface area (Å²) < 4.78 is 0. The molecular formula is C17H12ClNO3. The fourth-order valence-corrected chi connectivity index (χ4v) is 2.52. The monoisotopic (exact) mass is 313 g/mol. The predicted octanol–water partition coefficient (Wildman–Crippen LogP) is 4.27. The van der Waals surface area contributed by atoms with E-state index in [0.29, 0.717) is 21.5 Å². The van der Waals surface area contributed by atoms with Gasteiger partial charge in [0.05, 0.1) is 5.52 Å². The Kier molecular flexibility index (Phi) is 3.47. The summed E-state index contributed by atoms with van der Waals surface area (Å²) in [6.07, 6.45) is 0. The largest absolute Gasteiger partial charge is 0.505 e. The van der Waals surface area contributed by atoms with Crippen molar-refractivity contribution in [3.63, 3.8) is 0 Å². The van der Waals surface area contributed by atoms with Crippen molar-refractivity contribution < 1.29 is 15.0 Å². The Morgan fingerprint density at radius 2 is 1.82 bits per heavy atom. The van der Waals surface area contributed by atoms with Crippen molar-refractivity contribution >= 4 is 28.5 Å². The average Bonchev–Trinajstić information content (AvgIpc) is 2.47. The van der Waals surface area contributed by atoms with Gasteiger partial charge in [-0.2, -0.15) is 0 Å². The summed E-state index contributed by atoms with van der Waals surface area (Å²) in [6, 6.07) is 12.0. The third-order valence-corrected chi connectivity index (χ3v) is 3.70. The lowest BCUT2D eigenvalue weighted by atomic mass is 10.0. The van der Waals surface area contributed by atoms with Crippen LogP contribution in [-0.4, -0.2) is 21.2 Å². The van der Waals surface area contributed by atoms with Gasteiger partial charge < -0.3 is 10.2 Å². The van der Waals surface area contributed by atoms with Crippen molar-refractivity contribution in [3.8, 4) is 17.0 Å². The van der Waals surface area contributed by atoms with Gasteiger partial charge in [-0.25, -0.2) is 9.78 Å². The minimum absolute atomic E-state index is 0.144. The fourth-order valence-electron chi connectivity index (χ4n) is 2.39. The number of aromatic hydroxyl groups is 1. The van der Waals surface area contributed by atoms with Crippen LogP contribution in [0.2, 0.25) is 5.02 Å². The molecule has 0 fully saturated rings. The van der Waals surface area contributed by atoms with Crippen LogP contribution in [0.1, 0.15) is 15.9 Å².